The summed E-state index contributed by atoms with van der Waals surface area (Å²) in [5.74, 6) is 0.862. The van der Waals surface area contributed by atoms with Crippen molar-refractivity contribution in [2.45, 2.75) is 20.3 Å². The highest BCUT2D eigenvalue weighted by molar-refractivity contribution is 6.05. The van der Waals surface area contributed by atoms with Crippen LogP contribution in [0.15, 0.2) is 48.7 Å². The van der Waals surface area contributed by atoms with Crippen molar-refractivity contribution in [3.05, 3.63) is 48.7 Å². The molecule has 0 unspecified atom stereocenters. The lowest BCUT2D eigenvalue weighted by Crippen LogP contribution is -2.32. The molecule has 1 fully saturated rings. The molecule has 0 spiro atoms. The molecule has 1 aliphatic heterocycles. The average Bonchev–Trinajstić information content (AvgIpc) is 2.97. The molecule has 3 amide bonds. The van der Waals surface area contributed by atoms with Gasteiger partial charge in [0.1, 0.15) is 5.82 Å². The Morgan fingerprint density at radius 1 is 1.12 bits per heavy atom. The Kier molecular flexibility index (Phi) is 4.97. The minimum absolute atomic E-state index is 0.0305. The third kappa shape index (κ3) is 3.96. The quantitative estimate of drug-likeness (QED) is 0.907. The van der Waals surface area contributed by atoms with Crippen LogP contribution in [-0.4, -0.2) is 30.0 Å². The summed E-state index contributed by atoms with van der Waals surface area (Å²) in [6.45, 7) is 5.20. The van der Waals surface area contributed by atoms with Gasteiger partial charge in [-0.15, -0.1) is 0 Å². The highest BCUT2D eigenvalue weighted by Gasteiger charge is 2.31. The van der Waals surface area contributed by atoms with E-state index in [1.807, 2.05) is 44.2 Å². The number of pyridine rings is 1. The molecular weight excluding hydrogens is 316 g/mol. The van der Waals surface area contributed by atoms with E-state index in [2.05, 4.69) is 10.3 Å². The number of aromatic nitrogens is 1. The van der Waals surface area contributed by atoms with E-state index in [-0.39, 0.29) is 11.9 Å². The first-order chi connectivity index (χ1) is 12.0. The summed E-state index contributed by atoms with van der Waals surface area (Å²) in [6, 6.07) is 13.0. The van der Waals surface area contributed by atoms with Crippen LogP contribution >= 0.6 is 0 Å². The molecule has 1 aliphatic rings. The van der Waals surface area contributed by atoms with Gasteiger partial charge in [-0.3, -0.25) is 14.6 Å². The number of hydrogen-bond acceptors (Lipinski definition) is 3. The Bertz CT molecular complexity index is 744. The van der Waals surface area contributed by atoms with E-state index in [0.717, 1.165) is 5.69 Å². The fraction of sp³-hybridized carbons (Fsp3) is 0.316. The van der Waals surface area contributed by atoms with Gasteiger partial charge in [0.2, 0.25) is 5.91 Å². The number of amides is 3. The summed E-state index contributed by atoms with van der Waals surface area (Å²) in [5.41, 5.74) is 1.52. The second-order valence-corrected chi connectivity index (χ2v) is 6.47. The molecule has 0 atom stereocenters. The zero-order chi connectivity index (χ0) is 17.8. The van der Waals surface area contributed by atoms with Crippen molar-refractivity contribution in [1.82, 2.24) is 4.98 Å². The number of rotatable bonds is 5. The first-order valence-electron chi connectivity index (χ1n) is 8.44. The van der Waals surface area contributed by atoms with Crippen molar-refractivity contribution in [1.29, 1.82) is 0 Å². The van der Waals surface area contributed by atoms with Crippen LogP contribution in [0.25, 0.3) is 0 Å². The van der Waals surface area contributed by atoms with Crippen molar-refractivity contribution >= 4 is 29.1 Å². The van der Waals surface area contributed by atoms with Crippen LogP contribution in [-0.2, 0) is 4.79 Å². The van der Waals surface area contributed by atoms with E-state index in [0.29, 0.717) is 36.9 Å². The van der Waals surface area contributed by atoms with Gasteiger partial charge >= 0.3 is 6.03 Å². The molecule has 0 bridgehead atoms. The molecule has 0 aliphatic carbocycles. The van der Waals surface area contributed by atoms with Crippen molar-refractivity contribution in [2.75, 3.05) is 28.2 Å². The molecule has 2 heterocycles. The molecule has 1 saturated heterocycles. The lowest BCUT2D eigenvalue weighted by molar-refractivity contribution is -0.116. The van der Waals surface area contributed by atoms with E-state index < -0.39 is 0 Å². The van der Waals surface area contributed by atoms with Crippen LogP contribution in [0.2, 0.25) is 0 Å². The molecule has 130 valence electrons. The zero-order valence-corrected chi connectivity index (χ0v) is 14.5. The summed E-state index contributed by atoms with van der Waals surface area (Å²) < 4.78 is 0. The molecule has 6 nitrogen and oxygen atoms in total. The van der Waals surface area contributed by atoms with Crippen molar-refractivity contribution in [3.8, 4) is 0 Å². The summed E-state index contributed by atoms with van der Waals surface area (Å²) in [4.78, 5) is 32.2. The van der Waals surface area contributed by atoms with Gasteiger partial charge in [-0.1, -0.05) is 32.0 Å². The second kappa shape index (κ2) is 7.34. The number of carbonyl (C=O) groups excluding carboxylic acids is 2. The van der Waals surface area contributed by atoms with Gasteiger partial charge in [0.15, 0.2) is 0 Å². The van der Waals surface area contributed by atoms with Crippen LogP contribution < -0.4 is 15.1 Å². The maximum atomic E-state index is 12.6. The zero-order valence-electron chi connectivity index (χ0n) is 14.5. The van der Waals surface area contributed by atoms with Gasteiger partial charge < -0.3 is 5.32 Å². The Morgan fingerprint density at radius 3 is 2.48 bits per heavy atom. The van der Waals surface area contributed by atoms with E-state index in [9.17, 15) is 9.59 Å². The Hall–Kier alpha value is -2.89. The molecule has 1 aromatic heterocycles. The topological polar surface area (TPSA) is 65.5 Å². The summed E-state index contributed by atoms with van der Waals surface area (Å²) in [7, 11) is 0. The van der Waals surface area contributed by atoms with E-state index in [1.54, 1.807) is 28.1 Å². The minimum Gasteiger partial charge on any atom is -0.325 e. The lowest BCUT2D eigenvalue weighted by atomic mass is 10.1. The third-order valence-electron chi connectivity index (χ3n) is 3.98. The second-order valence-electron chi connectivity index (χ2n) is 6.47. The minimum atomic E-state index is -0.0877. The monoisotopic (exact) mass is 338 g/mol. The predicted octanol–water partition coefficient (Wildman–Crippen LogP) is 3.51. The molecule has 0 radical (unpaired) electrons. The van der Waals surface area contributed by atoms with E-state index >= 15 is 0 Å². The summed E-state index contributed by atoms with van der Waals surface area (Å²) >= 11 is 0. The first-order valence-corrected chi connectivity index (χ1v) is 8.44. The number of anilines is 3. The van der Waals surface area contributed by atoms with Crippen LogP contribution in [0.3, 0.4) is 0 Å². The van der Waals surface area contributed by atoms with E-state index in [4.69, 9.17) is 0 Å². The van der Waals surface area contributed by atoms with Gasteiger partial charge in [0.25, 0.3) is 0 Å². The molecule has 1 N–H and O–H groups in total. The SMILES string of the molecule is CC(C)CC(=O)Nc1ccc(N2CCN(c3ccccc3)C2=O)nc1. The smallest absolute Gasteiger partial charge is 0.325 e. The molecule has 6 heteroatoms. The normalized spacial score (nSPS) is 14.3. The fourth-order valence-corrected chi connectivity index (χ4v) is 2.80. The van der Waals surface area contributed by atoms with E-state index in [1.165, 1.54) is 0 Å². The standard InChI is InChI=1S/C19H22N4O2/c1-14(2)12-18(24)21-15-8-9-17(20-13-15)23-11-10-22(19(23)25)16-6-4-3-5-7-16/h3-9,13-14H,10-12H2,1-2H3,(H,21,24). The number of hydrogen-bond donors (Lipinski definition) is 1. The molecule has 25 heavy (non-hydrogen) atoms. The van der Waals surface area contributed by atoms with Crippen LogP contribution in [0.4, 0.5) is 22.0 Å². The number of para-hydroxylation sites is 1. The number of benzene rings is 1. The Morgan fingerprint density at radius 2 is 1.84 bits per heavy atom. The van der Waals surface area contributed by atoms with Gasteiger partial charge in [0, 0.05) is 25.2 Å². The third-order valence-corrected chi connectivity index (χ3v) is 3.98. The van der Waals surface area contributed by atoms with Crippen LogP contribution in [0.1, 0.15) is 20.3 Å². The fourth-order valence-electron chi connectivity index (χ4n) is 2.80. The number of carbonyl (C=O) groups is 2. The highest BCUT2D eigenvalue weighted by atomic mass is 16.2. The van der Waals surface area contributed by atoms with Gasteiger partial charge in [-0.05, 0) is 30.2 Å². The molecule has 0 saturated carbocycles. The van der Waals surface area contributed by atoms with Gasteiger partial charge in [0.05, 0.1) is 11.9 Å². The Balaban J connectivity index is 1.67. The van der Waals surface area contributed by atoms with Crippen molar-refractivity contribution < 1.29 is 9.59 Å². The first kappa shape index (κ1) is 17.0. The van der Waals surface area contributed by atoms with Gasteiger partial charge in [-0.2, -0.15) is 0 Å². The largest absolute Gasteiger partial charge is 0.330 e. The number of nitrogens with one attached hydrogen (secondary N) is 1. The maximum Gasteiger partial charge on any atom is 0.330 e. The summed E-state index contributed by atoms with van der Waals surface area (Å²) in [5, 5.41) is 2.82. The maximum absolute atomic E-state index is 12.6. The molecule has 1 aromatic carbocycles. The average molecular weight is 338 g/mol. The van der Waals surface area contributed by atoms with Crippen molar-refractivity contribution in [2.24, 2.45) is 5.92 Å². The highest BCUT2D eigenvalue weighted by Crippen LogP contribution is 2.24. The number of urea groups is 1. The summed E-state index contributed by atoms with van der Waals surface area (Å²) in [6.07, 6.45) is 2.06. The van der Waals surface area contributed by atoms with Gasteiger partial charge in [-0.25, -0.2) is 9.78 Å². The predicted molar refractivity (Wildman–Crippen MR) is 98.9 cm³/mol. The van der Waals surface area contributed by atoms with Crippen molar-refractivity contribution in [3.63, 3.8) is 0 Å². The molecule has 2 aromatic rings. The number of nitrogens with zero attached hydrogens (tertiary/aromatic N) is 3. The van der Waals surface area contributed by atoms with Crippen LogP contribution in [0, 0.1) is 5.92 Å². The molecule has 3 rings (SSSR count). The lowest BCUT2D eigenvalue weighted by Gasteiger charge is -2.18. The molecular formula is C19H22N4O2. The van der Waals surface area contributed by atoms with Crippen LogP contribution in [0.5, 0.6) is 0 Å². The Labute approximate surface area is 147 Å².